The zero-order chi connectivity index (χ0) is 33.2. The molecular formula is C47H33N3. The van der Waals surface area contributed by atoms with E-state index in [0.717, 1.165) is 46.7 Å². The van der Waals surface area contributed by atoms with Crippen LogP contribution in [0.4, 0.5) is 0 Å². The Morgan fingerprint density at radius 3 is 1.94 bits per heavy atom. The first-order valence-electron chi connectivity index (χ1n) is 17.3. The van der Waals surface area contributed by atoms with Crippen molar-refractivity contribution >= 4 is 32.6 Å². The summed E-state index contributed by atoms with van der Waals surface area (Å²) in [5.74, 6) is 0.743. The van der Waals surface area contributed by atoms with Crippen LogP contribution in [-0.4, -0.2) is 14.5 Å². The van der Waals surface area contributed by atoms with Crippen molar-refractivity contribution in [3.8, 4) is 39.6 Å². The van der Waals surface area contributed by atoms with E-state index in [0.29, 0.717) is 0 Å². The summed E-state index contributed by atoms with van der Waals surface area (Å²) in [4.78, 5) is 10.1. The number of rotatable bonds is 4. The van der Waals surface area contributed by atoms with Gasteiger partial charge < -0.3 is 4.57 Å². The van der Waals surface area contributed by atoms with Crippen molar-refractivity contribution in [1.82, 2.24) is 14.5 Å². The summed E-state index contributed by atoms with van der Waals surface area (Å²) in [6, 6.07) is 56.9. The van der Waals surface area contributed by atoms with Crippen LogP contribution in [0.2, 0.25) is 0 Å². The molecule has 0 aliphatic heterocycles. The molecule has 3 heteroatoms. The zero-order valence-electron chi connectivity index (χ0n) is 27.8. The lowest BCUT2D eigenvalue weighted by Gasteiger charge is -2.22. The summed E-state index contributed by atoms with van der Waals surface area (Å²) in [5.41, 5.74) is 15.7. The largest absolute Gasteiger partial charge is 0.309 e. The van der Waals surface area contributed by atoms with Gasteiger partial charge in [-0.1, -0.05) is 127 Å². The number of nitrogens with zero attached hydrogens (tertiary/aromatic N) is 3. The summed E-state index contributed by atoms with van der Waals surface area (Å²) in [6.45, 7) is 2.22. The fourth-order valence-corrected chi connectivity index (χ4v) is 7.91. The molecule has 50 heavy (non-hydrogen) atoms. The number of para-hydroxylation sites is 2. The predicted octanol–water partition coefficient (Wildman–Crippen LogP) is 11.5. The predicted molar refractivity (Wildman–Crippen MR) is 207 cm³/mol. The first kappa shape index (κ1) is 28.7. The monoisotopic (exact) mass is 639 g/mol. The molecule has 0 radical (unpaired) electrons. The highest BCUT2D eigenvalue weighted by molar-refractivity contribution is 6.10. The quantitative estimate of drug-likeness (QED) is 0.192. The van der Waals surface area contributed by atoms with Gasteiger partial charge in [0.2, 0.25) is 0 Å². The maximum atomic E-state index is 5.09. The Morgan fingerprint density at radius 2 is 1.12 bits per heavy atom. The minimum atomic E-state index is 0.743. The fraction of sp³-hybridized carbons (Fsp3) is 0.0638. The number of aromatic nitrogens is 3. The van der Waals surface area contributed by atoms with Gasteiger partial charge in [0.15, 0.2) is 5.82 Å². The summed E-state index contributed by atoms with van der Waals surface area (Å²) >= 11 is 0. The fourth-order valence-electron chi connectivity index (χ4n) is 7.91. The Balaban J connectivity index is 1.03. The van der Waals surface area contributed by atoms with Crippen molar-refractivity contribution in [1.29, 1.82) is 0 Å². The number of hydrogen-bond donors (Lipinski definition) is 0. The third-order valence-electron chi connectivity index (χ3n) is 10.4. The minimum Gasteiger partial charge on any atom is -0.309 e. The molecule has 2 aromatic heterocycles. The molecule has 1 aliphatic carbocycles. The van der Waals surface area contributed by atoms with Crippen LogP contribution in [0.25, 0.3) is 72.2 Å². The molecule has 0 atom stereocenters. The molecule has 3 nitrogen and oxygen atoms in total. The molecule has 0 unspecified atom stereocenters. The van der Waals surface area contributed by atoms with E-state index in [1.54, 1.807) is 0 Å². The van der Waals surface area contributed by atoms with E-state index in [1.807, 2.05) is 24.3 Å². The normalized spacial score (nSPS) is 12.3. The highest BCUT2D eigenvalue weighted by atomic mass is 15.0. The van der Waals surface area contributed by atoms with Crippen molar-refractivity contribution < 1.29 is 0 Å². The Morgan fingerprint density at radius 1 is 0.460 bits per heavy atom. The van der Waals surface area contributed by atoms with Gasteiger partial charge in [-0.15, -0.1) is 0 Å². The van der Waals surface area contributed by atoms with Crippen LogP contribution in [0.5, 0.6) is 0 Å². The third-order valence-corrected chi connectivity index (χ3v) is 10.4. The van der Waals surface area contributed by atoms with Crippen LogP contribution in [0.3, 0.4) is 0 Å². The smallest absolute Gasteiger partial charge is 0.160 e. The molecule has 0 saturated carbocycles. The second-order valence-corrected chi connectivity index (χ2v) is 13.5. The lowest BCUT2D eigenvalue weighted by atomic mass is 9.83. The van der Waals surface area contributed by atoms with Gasteiger partial charge in [-0.3, -0.25) is 0 Å². The number of fused-ring (bicyclic) bond motifs is 6. The maximum Gasteiger partial charge on any atom is 0.160 e. The van der Waals surface area contributed by atoms with E-state index < -0.39 is 0 Å². The highest BCUT2D eigenvalue weighted by Crippen LogP contribution is 2.37. The van der Waals surface area contributed by atoms with Gasteiger partial charge in [-0.2, -0.15) is 0 Å². The van der Waals surface area contributed by atoms with Crippen molar-refractivity contribution in [3.05, 3.63) is 186 Å². The van der Waals surface area contributed by atoms with Crippen LogP contribution in [0.15, 0.2) is 158 Å². The van der Waals surface area contributed by atoms with Gasteiger partial charge in [0.25, 0.3) is 0 Å². The van der Waals surface area contributed by atoms with Crippen LogP contribution >= 0.6 is 0 Å². The molecule has 0 saturated heterocycles. The van der Waals surface area contributed by atoms with Gasteiger partial charge in [0.1, 0.15) is 0 Å². The minimum absolute atomic E-state index is 0.743. The molecule has 0 bridgehead atoms. The third kappa shape index (κ3) is 4.74. The van der Waals surface area contributed by atoms with Gasteiger partial charge in [0, 0.05) is 33.2 Å². The molecular weight excluding hydrogens is 607 g/mol. The SMILES string of the molecule is Cc1cccc2c3ccccc3n(-c3ccc4cc5c(cc4c3)Cc3ccc(-c4cc(-c6ccccc6)nc(-c6ccccc6)n4)cc3C5)c12. The molecule has 9 aromatic rings. The van der Waals surface area contributed by atoms with Gasteiger partial charge in [-0.25, -0.2) is 9.97 Å². The Kier molecular flexibility index (Phi) is 6.53. The van der Waals surface area contributed by atoms with E-state index >= 15 is 0 Å². The first-order chi connectivity index (χ1) is 24.7. The number of benzene rings is 7. The number of hydrogen-bond acceptors (Lipinski definition) is 2. The molecule has 0 spiro atoms. The molecule has 1 aliphatic rings. The van der Waals surface area contributed by atoms with Gasteiger partial charge in [-0.05, 0) is 88.7 Å². The lowest BCUT2D eigenvalue weighted by molar-refractivity contribution is 1.01. The number of aryl methyl sites for hydroxylation is 1. The van der Waals surface area contributed by atoms with Crippen LogP contribution < -0.4 is 0 Å². The molecule has 7 aromatic carbocycles. The molecule has 0 fully saturated rings. The van der Waals surface area contributed by atoms with Crippen molar-refractivity contribution in [2.24, 2.45) is 0 Å². The van der Waals surface area contributed by atoms with E-state index in [1.165, 1.54) is 66.1 Å². The molecule has 0 amide bonds. The Bertz CT molecular complexity index is 2700. The van der Waals surface area contributed by atoms with Crippen LogP contribution in [0, 0.1) is 6.92 Å². The molecule has 2 heterocycles. The van der Waals surface area contributed by atoms with Crippen LogP contribution in [-0.2, 0) is 12.8 Å². The van der Waals surface area contributed by atoms with E-state index in [2.05, 4.69) is 145 Å². The summed E-state index contributed by atoms with van der Waals surface area (Å²) in [5, 5.41) is 5.16. The topological polar surface area (TPSA) is 30.7 Å². The summed E-state index contributed by atoms with van der Waals surface area (Å²) in [6.07, 6.45) is 1.83. The first-order valence-corrected chi connectivity index (χ1v) is 17.3. The zero-order valence-corrected chi connectivity index (χ0v) is 27.8. The second-order valence-electron chi connectivity index (χ2n) is 13.5. The summed E-state index contributed by atoms with van der Waals surface area (Å²) in [7, 11) is 0. The van der Waals surface area contributed by atoms with Gasteiger partial charge >= 0.3 is 0 Å². The Labute approximate surface area is 291 Å². The Hall–Kier alpha value is -6.32. The average Bonchev–Trinajstić information content (AvgIpc) is 3.52. The van der Waals surface area contributed by atoms with Crippen molar-refractivity contribution in [2.75, 3.05) is 0 Å². The van der Waals surface area contributed by atoms with Crippen molar-refractivity contribution in [3.63, 3.8) is 0 Å². The molecule has 236 valence electrons. The average molecular weight is 640 g/mol. The van der Waals surface area contributed by atoms with E-state index in [9.17, 15) is 0 Å². The summed E-state index contributed by atoms with van der Waals surface area (Å²) < 4.78 is 2.44. The van der Waals surface area contributed by atoms with Gasteiger partial charge in [0.05, 0.1) is 22.4 Å². The molecule has 10 rings (SSSR count). The lowest BCUT2D eigenvalue weighted by Crippen LogP contribution is -2.08. The highest BCUT2D eigenvalue weighted by Gasteiger charge is 2.19. The van der Waals surface area contributed by atoms with Crippen molar-refractivity contribution in [2.45, 2.75) is 19.8 Å². The maximum absolute atomic E-state index is 5.09. The van der Waals surface area contributed by atoms with E-state index in [4.69, 9.17) is 9.97 Å². The molecule has 0 N–H and O–H groups in total. The second kappa shape index (κ2) is 11.4. The van der Waals surface area contributed by atoms with E-state index in [-0.39, 0.29) is 0 Å². The standard InChI is InChI=1S/C47H33N3/c1-30-11-10-17-42-41-16-8-9-18-45(41)50(46(30)42)40-22-21-34-24-37-26-36-25-35(20-19-33(36)23-38(37)27-39(34)28-40)44-29-43(31-12-4-2-5-13-31)48-47(49-44)32-14-6-3-7-15-32/h2-22,24-25,27-29H,23,26H2,1H3. The van der Waals surface area contributed by atoms with Crippen LogP contribution in [0.1, 0.15) is 27.8 Å².